The number of rotatable bonds is 3. The van der Waals surface area contributed by atoms with Gasteiger partial charge in [-0.3, -0.25) is 4.79 Å². The van der Waals surface area contributed by atoms with Crippen LogP contribution >= 0.6 is 12.4 Å². The predicted octanol–water partition coefficient (Wildman–Crippen LogP) is 1.29. The van der Waals surface area contributed by atoms with Gasteiger partial charge in [0.1, 0.15) is 0 Å². The summed E-state index contributed by atoms with van der Waals surface area (Å²) >= 11 is 0. The molecule has 0 bridgehead atoms. The van der Waals surface area contributed by atoms with E-state index >= 15 is 0 Å². The number of benzene rings is 1. The second-order valence-corrected chi connectivity index (χ2v) is 5.00. The number of nitrogens with zero attached hydrogens (tertiary/aromatic N) is 1. The average molecular weight is 285 g/mol. The normalized spacial score (nSPS) is 17.6. The number of amides is 1. The second kappa shape index (κ2) is 4.90. The first-order chi connectivity index (χ1) is 8.58. The fraction of sp³-hybridized carbons (Fsp3) is 0.462. The minimum atomic E-state index is -0.606. The summed E-state index contributed by atoms with van der Waals surface area (Å²) in [6.07, 6.45) is 1.58. The molecule has 0 unspecified atom stereocenters. The third-order valence-electron chi connectivity index (χ3n) is 3.42. The van der Waals surface area contributed by atoms with Crippen LogP contribution < -0.4 is 15.2 Å². The lowest BCUT2D eigenvalue weighted by atomic mass is 10.1. The van der Waals surface area contributed by atoms with Gasteiger partial charge in [-0.25, -0.2) is 0 Å². The fourth-order valence-electron chi connectivity index (χ4n) is 2.11. The van der Waals surface area contributed by atoms with E-state index in [1.165, 1.54) is 0 Å². The highest BCUT2D eigenvalue weighted by Crippen LogP contribution is 2.35. The van der Waals surface area contributed by atoms with Crippen molar-refractivity contribution in [2.45, 2.75) is 24.9 Å². The summed E-state index contributed by atoms with van der Waals surface area (Å²) in [4.78, 5) is 13.7. The van der Waals surface area contributed by atoms with E-state index in [9.17, 15) is 4.79 Å². The molecule has 0 radical (unpaired) electrons. The summed E-state index contributed by atoms with van der Waals surface area (Å²) in [7, 11) is 1.78. The molecule has 104 valence electrons. The molecule has 1 aromatic rings. The van der Waals surface area contributed by atoms with Crippen LogP contribution in [-0.4, -0.2) is 30.2 Å². The second-order valence-electron chi connectivity index (χ2n) is 5.00. The minimum absolute atomic E-state index is 0. The highest BCUT2D eigenvalue weighted by atomic mass is 35.5. The van der Waals surface area contributed by atoms with Gasteiger partial charge in [0.25, 0.3) is 0 Å². The average Bonchev–Trinajstić information content (AvgIpc) is 2.93. The molecule has 1 aliphatic heterocycles. The van der Waals surface area contributed by atoms with Crippen molar-refractivity contribution in [3.63, 3.8) is 0 Å². The molecule has 1 heterocycles. The van der Waals surface area contributed by atoms with Gasteiger partial charge in [0.2, 0.25) is 12.7 Å². The first-order valence-corrected chi connectivity index (χ1v) is 6.01. The van der Waals surface area contributed by atoms with E-state index in [0.29, 0.717) is 6.54 Å². The van der Waals surface area contributed by atoms with Crippen molar-refractivity contribution >= 4 is 18.3 Å². The third-order valence-corrected chi connectivity index (χ3v) is 3.42. The molecule has 0 spiro atoms. The molecule has 0 saturated heterocycles. The standard InChI is InChI=1S/C13H16N2O3.ClH/c1-15(12(16)13(14)4-5-13)7-9-2-3-10-11(6-9)18-8-17-10;/h2-3,6H,4-5,7-8,14H2,1H3;1H. The number of nitrogens with two attached hydrogens (primary N) is 1. The Morgan fingerprint density at radius 1 is 1.37 bits per heavy atom. The Morgan fingerprint density at radius 3 is 2.74 bits per heavy atom. The topological polar surface area (TPSA) is 64.8 Å². The highest BCUT2D eigenvalue weighted by molar-refractivity contribution is 5.88. The number of fused-ring (bicyclic) bond motifs is 1. The molecular formula is C13H17ClN2O3. The lowest BCUT2D eigenvalue weighted by Crippen LogP contribution is -2.43. The molecule has 1 amide bonds. The van der Waals surface area contributed by atoms with E-state index < -0.39 is 5.54 Å². The van der Waals surface area contributed by atoms with E-state index in [-0.39, 0.29) is 25.1 Å². The molecule has 0 aromatic heterocycles. The lowest BCUT2D eigenvalue weighted by molar-refractivity contribution is -0.132. The van der Waals surface area contributed by atoms with E-state index in [2.05, 4.69) is 0 Å². The number of hydrogen-bond donors (Lipinski definition) is 1. The summed E-state index contributed by atoms with van der Waals surface area (Å²) in [5, 5.41) is 0. The van der Waals surface area contributed by atoms with Crippen LogP contribution in [0.15, 0.2) is 18.2 Å². The van der Waals surface area contributed by atoms with E-state index in [1.807, 2.05) is 18.2 Å². The van der Waals surface area contributed by atoms with Gasteiger partial charge in [-0.1, -0.05) is 6.07 Å². The number of hydrogen-bond acceptors (Lipinski definition) is 4. The van der Waals surface area contributed by atoms with Gasteiger partial charge in [0, 0.05) is 13.6 Å². The monoisotopic (exact) mass is 284 g/mol. The van der Waals surface area contributed by atoms with Gasteiger partial charge in [-0.15, -0.1) is 12.4 Å². The quantitative estimate of drug-likeness (QED) is 0.908. The van der Waals surface area contributed by atoms with E-state index in [0.717, 1.165) is 29.9 Å². The predicted molar refractivity (Wildman–Crippen MR) is 72.4 cm³/mol. The Labute approximate surface area is 118 Å². The van der Waals surface area contributed by atoms with Crippen LogP contribution in [0, 0.1) is 0 Å². The van der Waals surface area contributed by atoms with Gasteiger partial charge in [-0.2, -0.15) is 0 Å². The largest absolute Gasteiger partial charge is 0.454 e. The van der Waals surface area contributed by atoms with Crippen molar-refractivity contribution in [1.82, 2.24) is 4.90 Å². The Kier molecular flexibility index (Phi) is 3.60. The molecule has 1 aliphatic carbocycles. The first kappa shape index (κ1) is 14.0. The van der Waals surface area contributed by atoms with Crippen LogP contribution in [0.5, 0.6) is 11.5 Å². The van der Waals surface area contributed by atoms with Crippen molar-refractivity contribution in [1.29, 1.82) is 0 Å². The summed E-state index contributed by atoms with van der Waals surface area (Å²) in [5.74, 6) is 1.51. The lowest BCUT2D eigenvalue weighted by Gasteiger charge is -2.21. The van der Waals surface area contributed by atoms with Gasteiger partial charge in [0.05, 0.1) is 5.54 Å². The van der Waals surface area contributed by atoms with Crippen LogP contribution in [0.4, 0.5) is 0 Å². The molecule has 6 heteroatoms. The Morgan fingerprint density at radius 2 is 2.05 bits per heavy atom. The molecule has 1 aromatic carbocycles. The number of likely N-dealkylation sites (N-methyl/N-ethyl adjacent to an activating group) is 1. The van der Waals surface area contributed by atoms with Gasteiger partial charge >= 0.3 is 0 Å². The molecule has 2 N–H and O–H groups in total. The van der Waals surface area contributed by atoms with E-state index in [1.54, 1.807) is 11.9 Å². The molecule has 2 aliphatic rings. The van der Waals surface area contributed by atoms with Gasteiger partial charge in [0.15, 0.2) is 11.5 Å². The molecule has 1 fully saturated rings. The molecular weight excluding hydrogens is 268 g/mol. The van der Waals surface area contributed by atoms with Crippen molar-refractivity contribution in [3.8, 4) is 11.5 Å². The van der Waals surface area contributed by atoms with Crippen LogP contribution in [0.25, 0.3) is 0 Å². The van der Waals surface area contributed by atoms with Crippen molar-refractivity contribution in [2.75, 3.05) is 13.8 Å². The maximum Gasteiger partial charge on any atom is 0.242 e. The Balaban J connectivity index is 0.00000133. The molecule has 1 saturated carbocycles. The van der Waals surface area contributed by atoms with Gasteiger partial charge < -0.3 is 20.1 Å². The highest BCUT2D eigenvalue weighted by Gasteiger charge is 2.47. The summed E-state index contributed by atoms with van der Waals surface area (Å²) < 4.78 is 10.6. The van der Waals surface area contributed by atoms with Gasteiger partial charge in [-0.05, 0) is 30.5 Å². The van der Waals surface area contributed by atoms with Crippen molar-refractivity contribution in [2.24, 2.45) is 5.73 Å². The first-order valence-electron chi connectivity index (χ1n) is 6.01. The Bertz CT molecular complexity index is 503. The summed E-state index contributed by atoms with van der Waals surface area (Å²) in [6.45, 7) is 0.799. The molecule has 19 heavy (non-hydrogen) atoms. The molecule has 0 atom stereocenters. The number of carbonyl (C=O) groups excluding carboxylic acids is 1. The third kappa shape index (κ3) is 2.62. The number of halogens is 1. The zero-order chi connectivity index (χ0) is 12.8. The Hall–Kier alpha value is -1.46. The van der Waals surface area contributed by atoms with Crippen LogP contribution in [0.1, 0.15) is 18.4 Å². The van der Waals surface area contributed by atoms with Crippen LogP contribution in [-0.2, 0) is 11.3 Å². The van der Waals surface area contributed by atoms with Crippen molar-refractivity contribution < 1.29 is 14.3 Å². The zero-order valence-electron chi connectivity index (χ0n) is 10.7. The van der Waals surface area contributed by atoms with Crippen molar-refractivity contribution in [3.05, 3.63) is 23.8 Å². The zero-order valence-corrected chi connectivity index (χ0v) is 11.5. The maximum atomic E-state index is 12.0. The molecule has 3 rings (SSSR count). The van der Waals surface area contributed by atoms with E-state index in [4.69, 9.17) is 15.2 Å². The molecule has 5 nitrogen and oxygen atoms in total. The smallest absolute Gasteiger partial charge is 0.242 e. The fourth-order valence-corrected chi connectivity index (χ4v) is 2.11. The number of ether oxygens (including phenoxy) is 2. The summed E-state index contributed by atoms with van der Waals surface area (Å²) in [6, 6.07) is 5.71. The van der Waals surface area contributed by atoms with Crippen LogP contribution in [0.2, 0.25) is 0 Å². The summed E-state index contributed by atoms with van der Waals surface area (Å²) in [5.41, 5.74) is 6.31. The number of carbonyl (C=O) groups is 1. The van der Waals surface area contributed by atoms with Crippen LogP contribution in [0.3, 0.4) is 0 Å². The maximum absolute atomic E-state index is 12.0. The SMILES string of the molecule is CN(Cc1ccc2c(c1)OCO2)C(=O)C1(N)CC1.Cl. The minimum Gasteiger partial charge on any atom is -0.454 e.